The van der Waals surface area contributed by atoms with Gasteiger partial charge in [0.15, 0.2) is 0 Å². The molecule has 0 radical (unpaired) electrons. The number of benzene rings is 2. The van der Waals surface area contributed by atoms with Crippen LogP contribution in [0.4, 0.5) is 4.39 Å². The third-order valence-electron chi connectivity index (χ3n) is 4.79. The minimum Gasteiger partial charge on any atom is -0.497 e. The van der Waals surface area contributed by atoms with Crippen molar-refractivity contribution in [3.8, 4) is 16.9 Å². The van der Waals surface area contributed by atoms with Gasteiger partial charge in [0.25, 0.3) is 0 Å². The molecule has 0 amide bonds. The molecule has 128 valence electrons. The summed E-state index contributed by atoms with van der Waals surface area (Å²) in [7, 11) is 1.57. The van der Waals surface area contributed by atoms with Gasteiger partial charge in [0.2, 0.25) is 0 Å². The van der Waals surface area contributed by atoms with Crippen molar-refractivity contribution in [3.05, 3.63) is 53.3 Å². The van der Waals surface area contributed by atoms with Crippen LogP contribution in [0.3, 0.4) is 0 Å². The molecule has 1 atom stereocenters. The molecule has 1 saturated heterocycles. The van der Waals surface area contributed by atoms with Gasteiger partial charge in [0.05, 0.1) is 19.8 Å². The van der Waals surface area contributed by atoms with Crippen LogP contribution < -0.4 is 4.74 Å². The summed E-state index contributed by atoms with van der Waals surface area (Å²) in [5.74, 6) is 0.305. The molecule has 2 aromatic rings. The van der Waals surface area contributed by atoms with Crippen LogP contribution in [0.5, 0.6) is 5.75 Å². The number of aliphatic hydroxyl groups is 1. The Morgan fingerprint density at radius 2 is 2.00 bits per heavy atom. The first-order chi connectivity index (χ1) is 11.5. The van der Waals surface area contributed by atoms with Gasteiger partial charge < -0.3 is 14.6 Å². The Morgan fingerprint density at radius 3 is 2.62 bits per heavy atom. The highest BCUT2D eigenvalue weighted by molar-refractivity contribution is 5.70. The highest BCUT2D eigenvalue weighted by atomic mass is 19.1. The van der Waals surface area contributed by atoms with Crippen molar-refractivity contribution in [3.63, 3.8) is 0 Å². The van der Waals surface area contributed by atoms with E-state index in [1.54, 1.807) is 19.2 Å². The second-order valence-corrected chi connectivity index (χ2v) is 6.91. The summed E-state index contributed by atoms with van der Waals surface area (Å²) in [5, 5.41) is 9.50. The number of halogens is 1. The van der Waals surface area contributed by atoms with Crippen molar-refractivity contribution in [2.45, 2.75) is 33.0 Å². The molecule has 3 nitrogen and oxygen atoms in total. The first-order valence-electron chi connectivity index (χ1n) is 8.15. The molecule has 0 unspecified atom stereocenters. The lowest BCUT2D eigenvalue weighted by Gasteiger charge is -2.28. The van der Waals surface area contributed by atoms with Crippen LogP contribution in [0.15, 0.2) is 36.4 Å². The molecule has 4 heteroatoms. The fourth-order valence-electron chi connectivity index (χ4n) is 3.32. The van der Waals surface area contributed by atoms with E-state index >= 15 is 0 Å². The van der Waals surface area contributed by atoms with Crippen LogP contribution in [0, 0.1) is 11.2 Å². The molecule has 0 aliphatic carbocycles. The zero-order chi connectivity index (χ0) is 17.3. The number of hydrogen-bond acceptors (Lipinski definition) is 3. The normalized spacial score (nSPS) is 19.5. The van der Waals surface area contributed by atoms with E-state index in [9.17, 15) is 9.50 Å². The Bertz CT molecular complexity index is 740. The maximum atomic E-state index is 14.5. The SMILES string of the molecule is COc1ccc(F)c(-c2ccc(CO)cc2[C@H]2OCCC2(C)C)c1. The zero-order valence-corrected chi connectivity index (χ0v) is 14.3. The van der Waals surface area contributed by atoms with Gasteiger partial charge in [-0.25, -0.2) is 4.39 Å². The molecule has 3 rings (SSSR count). The van der Waals surface area contributed by atoms with Crippen molar-refractivity contribution < 1.29 is 19.0 Å². The monoisotopic (exact) mass is 330 g/mol. The van der Waals surface area contributed by atoms with Gasteiger partial charge in [-0.05, 0) is 46.7 Å². The highest BCUT2D eigenvalue weighted by Gasteiger charge is 2.38. The van der Waals surface area contributed by atoms with E-state index in [4.69, 9.17) is 9.47 Å². The fraction of sp³-hybridized carbons (Fsp3) is 0.400. The van der Waals surface area contributed by atoms with E-state index in [-0.39, 0.29) is 23.9 Å². The lowest BCUT2D eigenvalue weighted by Crippen LogP contribution is -2.17. The number of rotatable bonds is 4. The molecule has 0 bridgehead atoms. The minimum absolute atomic E-state index is 0.0435. The number of hydrogen-bond donors (Lipinski definition) is 1. The number of methoxy groups -OCH3 is 1. The number of aliphatic hydroxyl groups excluding tert-OH is 1. The highest BCUT2D eigenvalue weighted by Crippen LogP contribution is 2.48. The molecule has 2 aromatic carbocycles. The molecule has 0 saturated carbocycles. The first-order valence-corrected chi connectivity index (χ1v) is 8.15. The molecule has 0 aromatic heterocycles. The Hall–Kier alpha value is -1.91. The molecule has 0 spiro atoms. The van der Waals surface area contributed by atoms with Gasteiger partial charge >= 0.3 is 0 Å². The molecule has 1 aliphatic rings. The van der Waals surface area contributed by atoms with Crippen LogP contribution >= 0.6 is 0 Å². The maximum Gasteiger partial charge on any atom is 0.131 e. The Kier molecular flexibility index (Phi) is 4.61. The van der Waals surface area contributed by atoms with E-state index in [1.807, 2.05) is 18.2 Å². The quantitative estimate of drug-likeness (QED) is 0.898. The van der Waals surface area contributed by atoms with Gasteiger partial charge in [-0.3, -0.25) is 0 Å². The molecule has 1 N–H and O–H groups in total. The van der Waals surface area contributed by atoms with Crippen molar-refractivity contribution in [1.82, 2.24) is 0 Å². The van der Waals surface area contributed by atoms with Crippen LogP contribution in [0.1, 0.15) is 37.5 Å². The third-order valence-corrected chi connectivity index (χ3v) is 4.79. The molecule has 1 fully saturated rings. The van der Waals surface area contributed by atoms with Gasteiger partial charge in [-0.2, -0.15) is 0 Å². The predicted octanol–water partition coefficient (Wildman–Crippen LogP) is 4.48. The van der Waals surface area contributed by atoms with E-state index in [0.29, 0.717) is 17.9 Å². The molecular formula is C20H23FO3. The zero-order valence-electron chi connectivity index (χ0n) is 14.3. The minimum atomic E-state index is -0.301. The molecular weight excluding hydrogens is 307 g/mol. The van der Waals surface area contributed by atoms with Gasteiger partial charge in [0, 0.05) is 12.2 Å². The van der Waals surface area contributed by atoms with E-state index in [2.05, 4.69) is 13.8 Å². The summed E-state index contributed by atoms with van der Waals surface area (Å²) >= 11 is 0. The summed E-state index contributed by atoms with van der Waals surface area (Å²) in [6.45, 7) is 4.94. The van der Waals surface area contributed by atoms with Gasteiger partial charge in [0.1, 0.15) is 11.6 Å². The molecule has 1 aliphatic heterocycles. The average molecular weight is 330 g/mol. The van der Waals surface area contributed by atoms with E-state index in [1.165, 1.54) is 6.07 Å². The molecule has 1 heterocycles. The van der Waals surface area contributed by atoms with Crippen LogP contribution in [-0.2, 0) is 11.3 Å². The summed E-state index contributed by atoms with van der Waals surface area (Å²) < 4.78 is 25.7. The Labute approximate surface area is 142 Å². The van der Waals surface area contributed by atoms with E-state index in [0.717, 1.165) is 23.1 Å². The second kappa shape index (κ2) is 6.54. The Morgan fingerprint density at radius 1 is 1.21 bits per heavy atom. The standard InChI is InChI=1S/C20H23FO3/c1-20(2)8-9-24-19(20)17-10-13(12-22)4-6-15(17)16-11-14(23-3)5-7-18(16)21/h4-7,10-11,19,22H,8-9,12H2,1-3H3/t19-/m1/s1. The van der Waals surface area contributed by atoms with Gasteiger partial charge in [-0.15, -0.1) is 0 Å². The largest absolute Gasteiger partial charge is 0.497 e. The summed E-state index contributed by atoms with van der Waals surface area (Å²) in [6, 6.07) is 10.3. The number of ether oxygens (including phenoxy) is 2. The predicted molar refractivity (Wildman–Crippen MR) is 91.4 cm³/mol. The van der Waals surface area contributed by atoms with Crippen molar-refractivity contribution in [1.29, 1.82) is 0 Å². The summed E-state index contributed by atoms with van der Waals surface area (Å²) in [6.07, 6.45) is 0.811. The smallest absolute Gasteiger partial charge is 0.131 e. The first kappa shape index (κ1) is 16.9. The molecule has 24 heavy (non-hydrogen) atoms. The maximum absolute atomic E-state index is 14.5. The topological polar surface area (TPSA) is 38.7 Å². The summed E-state index contributed by atoms with van der Waals surface area (Å²) in [4.78, 5) is 0. The van der Waals surface area contributed by atoms with Gasteiger partial charge in [-0.1, -0.05) is 32.0 Å². The lowest BCUT2D eigenvalue weighted by atomic mass is 9.79. The average Bonchev–Trinajstić information content (AvgIpc) is 2.94. The van der Waals surface area contributed by atoms with E-state index < -0.39 is 0 Å². The Balaban J connectivity index is 2.18. The lowest BCUT2D eigenvalue weighted by molar-refractivity contribution is 0.0639. The second-order valence-electron chi connectivity index (χ2n) is 6.91. The van der Waals surface area contributed by atoms with Crippen LogP contribution in [0.2, 0.25) is 0 Å². The summed E-state index contributed by atoms with van der Waals surface area (Å²) in [5.41, 5.74) is 2.93. The van der Waals surface area contributed by atoms with Crippen LogP contribution in [0.25, 0.3) is 11.1 Å². The van der Waals surface area contributed by atoms with Crippen LogP contribution in [-0.4, -0.2) is 18.8 Å². The van der Waals surface area contributed by atoms with Crippen molar-refractivity contribution in [2.75, 3.05) is 13.7 Å². The fourth-order valence-corrected chi connectivity index (χ4v) is 3.32. The van der Waals surface area contributed by atoms with Crippen molar-refractivity contribution >= 4 is 0 Å². The van der Waals surface area contributed by atoms with Crippen molar-refractivity contribution in [2.24, 2.45) is 5.41 Å². The third kappa shape index (κ3) is 3.04.